The van der Waals surface area contributed by atoms with Crippen molar-refractivity contribution in [2.75, 3.05) is 0 Å². The molecule has 0 aromatic heterocycles. The zero-order valence-electron chi connectivity index (χ0n) is 42.5. The Morgan fingerprint density at radius 1 is 0.203 bits per heavy atom. The maximum absolute atomic E-state index is 3.01. The van der Waals surface area contributed by atoms with Gasteiger partial charge < -0.3 is 0 Å². The predicted octanol–water partition coefficient (Wildman–Crippen LogP) is 21.7. The van der Waals surface area contributed by atoms with Gasteiger partial charge in [0.05, 0.1) is 0 Å². The molecule has 0 bridgehead atoms. The lowest BCUT2D eigenvalue weighted by atomic mass is 9.97. The van der Waals surface area contributed by atoms with Gasteiger partial charge in [-0.05, 0) is 40.0 Å². The molecule has 358 valence electrons. The number of hydrogen-bond donors (Lipinski definition) is 0. The topological polar surface area (TPSA) is 3.24 Å². The highest BCUT2D eigenvalue weighted by molar-refractivity contribution is 5.85. The minimum absolute atomic E-state index is 0. The molecule has 59 heavy (non-hydrogen) atoms. The van der Waals surface area contributed by atoms with Crippen molar-refractivity contribution in [3.05, 3.63) is 0 Å². The van der Waals surface area contributed by atoms with E-state index in [1.807, 2.05) is 0 Å². The van der Waals surface area contributed by atoms with Crippen LogP contribution in [0.25, 0.3) is 0 Å². The van der Waals surface area contributed by atoms with Crippen LogP contribution in [0.2, 0.25) is 0 Å². The van der Waals surface area contributed by atoms with Gasteiger partial charge in [0.2, 0.25) is 0 Å². The van der Waals surface area contributed by atoms with Crippen LogP contribution in [0, 0.1) is 0 Å². The van der Waals surface area contributed by atoms with E-state index in [1.165, 1.54) is 308 Å². The van der Waals surface area contributed by atoms with Crippen molar-refractivity contribution in [2.45, 2.75) is 368 Å². The standard InChI is InChI=1S/C57H117N.ClH/c1-7-10-13-16-19-22-25-28-31-34-37-40-43-46-49-52-55(4)58(56(5)53-50-47-44-41-38-35-32-29-26-23-20-17-14-11-8-2)57(6)54-51-48-45-42-39-36-33-30-27-24-21-18-15-12-9-3;/h55-57H,7-54H2,1-6H3;1H. The van der Waals surface area contributed by atoms with Crippen LogP contribution in [0.3, 0.4) is 0 Å². The van der Waals surface area contributed by atoms with Gasteiger partial charge in [0.15, 0.2) is 0 Å². The SMILES string of the molecule is CCCCCCCCCCCCCCCCCC(C)N(C(C)CCCCCCCCCCCCCCCCC)C(C)CCCCCCCCCCCCCCCCC.Cl. The Morgan fingerprint density at radius 2 is 0.322 bits per heavy atom. The Bertz CT molecular complexity index is 628. The smallest absolute Gasteiger partial charge is 0.00725 e. The molecular formula is C57H118ClN. The maximum Gasteiger partial charge on any atom is 0.00725 e. The molecule has 3 atom stereocenters. The molecule has 0 amide bonds. The molecule has 3 unspecified atom stereocenters. The van der Waals surface area contributed by atoms with E-state index < -0.39 is 0 Å². The largest absolute Gasteiger partial charge is 0.295 e. The molecule has 0 aliphatic heterocycles. The zero-order chi connectivity index (χ0) is 42.3. The molecule has 0 heterocycles. The lowest BCUT2D eigenvalue weighted by Crippen LogP contribution is -2.46. The van der Waals surface area contributed by atoms with Crippen molar-refractivity contribution < 1.29 is 0 Å². The van der Waals surface area contributed by atoms with E-state index in [2.05, 4.69) is 46.4 Å². The van der Waals surface area contributed by atoms with Gasteiger partial charge >= 0.3 is 0 Å². The zero-order valence-corrected chi connectivity index (χ0v) is 43.3. The van der Waals surface area contributed by atoms with E-state index in [1.54, 1.807) is 0 Å². The van der Waals surface area contributed by atoms with Crippen LogP contribution in [-0.2, 0) is 0 Å². The van der Waals surface area contributed by atoms with Gasteiger partial charge in [-0.15, -0.1) is 12.4 Å². The molecule has 0 spiro atoms. The summed E-state index contributed by atoms with van der Waals surface area (Å²) in [4.78, 5) is 3.01. The van der Waals surface area contributed by atoms with Crippen LogP contribution >= 0.6 is 12.4 Å². The van der Waals surface area contributed by atoms with Gasteiger partial charge in [0, 0.05) is 18.1 Å². The second kappa shape index (κ2) is 52.6. The minimum Gasteiger partial charge on any atom is -0.295 e. The van der Waals surface area contributed by atoms with Crippen LogP contribution in [0.1, 0.15) is 350 Å². The molecular weight excluding hydrogens is 734 g/mol. The summed E-state index contributed by atoms with van der Waals surface area (Å²) in [6.45, 7) is 14.7. The summed E-state index contributed by atoms with van der Waals surface area (Å²) in [7, 11) is 0. The third-order valence-electron chi connectivity index (χ3n) is 14.2. The molecule has 0 aromatic rings. The summed E-state index contributed by atoms with van der Waals surface area (Å²) in [6.07, 6.45) is 70.0. The second-order valence-corrected chi connectivity index (χ2v) is 20.2. The first-order valence-corrected chi connectivity index (χ1v) is 28.4. The van der Waals surface area contributed by atoms with Crippen LogP contribution in [0.15, 0.2) is 0 Å². The van der Waals surface area contributed by atoms with Gasteiger partial charge in [0.25, 0.3) is 0 Å². The first kappa shape index (κ1) is 61.3. The molecule has 0 saturated heterocycles. The average molecular weight is 853 g/mol. The number of nitrogens with zero attached hydrogens (tertiary/aromatic N) is 1. The maximum atomic E-state index is 3.01. The monoisotopic (exact) mass is 852 g/mol. The van der Waals surface area contributed by atoms with Gasteiger partial charge in [-0.3, -0.25) is 4.90 Å². The highest BCUT2D eigenvalue weighted by Crippen LogP contribution is 2.25. The molecule has 0 N–H and O–H groups in total. The third kappa shape index (κ3) is 46.1. The quantitative estimate of drug-likeness (QED) is 0.0551. The van der Waals surface area contributed by atoms with E-state index in [9.17, 15) is 0 Å². The fraction of sp³-hybridized carbons (Fsp3) is 1.00. The number of halogens is 1. The van der Waals surface area contributed by atoms with Gasteiger partial charge in [-0.25, -0.2) is 0 Å². The Hall–Kier alpha value is 0.250. The molecule has 2 heteroatoms. The fourth-order valence-electron chi connectivity index (χ4n) is 10.2. The predicted molar refractivity (Wildman–Crippen MR) is 276 cm³/mol. The molecule has 0 rings (SSSR count). The summed E-state index contributed by atoms with van der Waals surface area (Å²) in [5, 5.41) is 0. The van der Waals surface area contributed by atoms with E-state index in [0.717, 1.165) is 18.1 Å². The molecule has 0 radical (unpaired) electrons. The van der Waals surface area contributed by atoms with Crippen molar-refractivity contribution in [1.29, 1.82) is 0 Å². The number of unbranched alkanes of at least 4 members (excludes halogenated alkanes) is 42. The summed E-state index contributed by atoms with van der Waals surface area (Å²) in [6, 6.07) is 2.21. The van der Waals surface area contributed by atoms with Crippen molar-refractivity contribution in [2.24, 2.45) is 0 Å². The Balaban J connectivity index is 0. The summed E-state index contributed by atoms with van der Waals surface area (Å²) in [5.41, 5.74) is 0. The van der Waals surface area contributed by atoms with Crippen molar-refractivity contribution in [1.82, 2.24) is 4.90 Å². The average Bonchev–Trinajstić information content (AvgIpc) is 3.22. The highest BCUT2D eigenvalue weighted by atomic mass is 35.5. The van der Waals surface area contributed by atoms with E-state index in [-0.39, 0.29) is 12.4 Å². The van der Waals surface area contributed by atoms with Crippen molar-refractivity contribution in [3.8, 4) is 0 Å². The Morgan fingerprint density at radius 3 is 0.458 bits per heavy atom. The summed E-state index contributed by atoms with van der Waals surface area (Å²) >= 11 is 0. The van der Waals surface area contributed by atoms with Crippen LogP contribution in [-0.4, -0.2) is 23.0 Å². The van der Waals surface area contributed by atoms with E-state index in [0.29, 0.717) is 0 Å². The van der Waals surface area contributed by atoms with Crippen LogP contribution in [0.5, 0.6) is 0 Å². The van der Waals surface area contributed by atoms with Crippen molar-refractivity contribution >= 4 is 12.4 Å². The molecule has 0 aliphatic carbocycles. The van der Waals surface area contributed by atoms with Gasteiger partial charge in [-0.1, -0.05) is 310 Å². The summed E-state index contributed by atoms with van der Waals surface area (Å²) in [5.74, 6) is 0. The number of rotatable bonds is 51. The third-order valence-corrected chi connectivity index (χ3v) is 14.2. The van der Waals surface area contributed by atoms with E-state index in [4.69, 9.17) is 0 Å². The highest BCUT2D eigenvalue weighted by Gasteiger charge is 2.24. The second-order valence-electron chi connectivity index (χ2n) is 20.2. The number of hydrogen-bond acceptors (Lipinski definition) is 1. The van der Waals surface area contributed by atoms with Crippen LogP contribution in [0.4, 0.5) is 0 Å². The van der Waals surface area contributed by atoms with Crippen molar-refractivity contribution in [3.63, 3.8) is 0 Å². The molecule has 0 fully saturated rings. The summed E-state index contributed by atoms with van der Waals surface area (Å²) < 4.78 is 0. The van der Waals surface area contributed by atoms with E-state index >= 15 is 0 Å². The lowest BCUT2D eigenvalue weighted by Gasteiger charge is -2.40. The van der Waals surface area contributed by atoms with Crippen LogP contribution < -0.4 is 0 Å². The molecule has 0 aliphatic rings. The molecule has 0 saturated carbocycles. The first-order valence-electron chi connectivity index (χ1n) is 28.4. The minimum atomic E-state index is 0. The fourth-order valence-corrected chi connectivity index (χ4v) is 10.2. The lowest BCUT2D eigenvalue weighted by molar-refractivity contribution is 0.0834. The molecule has 1 nitrogen and oxygen atoms in total. The van der Waals surface area contributed by atoms with Gasteiger partial charge in [-0.2, -0.15) is 0 Å². The van der Waals surface area contributed by atoms with Gasteiger partial charge in [0.1, 0.15) is 0 Å². The Kier molecular flexibility index (Phi) is 54.7. The first-order chi connectivity index (χ1) is 28.6. The normalized spacial score (nSPS) is 13.3. The molecule has 0 aromatic carbocycles. The Labute approximate surface area is 383 Å².